The monoisotopic (exact) mass is 1150 g/mol. The van der Waals surface area contributed by atoms with E-state index in [9.17, 15) is 0 Å². The van der Waals surface area contributed by atoms with E-state index in [2.05, 4.69) is 372 Å². The number of fused-ring (bicyclic) bond motifs is 3. The fourth-order valence-corrected chi connectivity index (χ4v) is 14.4. The van der Waals surface area contributed by atoms with Crippen molar-refractivity contribution in [3.05, 3.63) is 311 Å². The third-order valence-corrected chi connectivity index (χ3v) is 20.2. The van der Waals surface area contributed by atoms with Crippen LogP contribution in [0, 0.1) is 27.7 Å². The van der Waals surface area contributed by atoms with Crippen LogP contribution in [0.2, 0.25) is 0 Å². The molecular weight excluding hydrogens is 1060 g/mol. The van der Waals surface area contributed by atoms with Crippen LogP contribution in [0.25, 0.3) is 44.5 Å². The summed E-state index contributed by atoms with van der Waals surface area (Å²) in [4.78, 5) is 7.62. The highest BCUT2D eigenvalue weighted by Gasteiger charge is 2.45. The van der Waals surface area contributed by atoms with Crippen molar-refractivity contribution in [1.82, 2.24) is 0 Å². The van der Waals surface area contributed by atoms with Gasteiger partial charge in [-0.25, -0.2) is 0 Å². The molecule has 0 spiro atoms. The number of para-hydroxylation sites is 2. The Hall–Kier alpha value is -9.18. The largest absolute Gasteiger partial charge is 0.335 e. The molecule has 0 radical (unpaired) electrons. The number of benzene rings is 11. The Balaban J connectivity index is 0.891. The Morgan fingerprint density at radius 3 is 1.18 bits per heavy atom. The number of aryl methyl sites for hydroxylation is 4. The topological polar surface area (TPSA) is 9.72 Å². The van der Waals surface area contributed by atoms with E-state index >= 15 is 0 Å². The molecule has 12 rings (SSSR count). The molecule has 11 aromatic rings. The molecule has 3 heteroatoms. The van der Waals surface area contributed by atoms with Gasteiger partial charge in [0.15, 0.2) is 0 Å². The van der Waals surface area contributed by atoms with Crippen molar-refractivity contribution in [3.8, 4) is 44.5 Å². The van der Waals surface area contributed by atoms with Gasteiger partial charge in [-0.15, -0.1) is 0 Å². The van der Waals surface area contributed by atoms with E-state index < -0.39 is 5.54 Å². The zero-order valence-corrected chi connectivity index (χ0v) is 54.2. The molecule has 0 saturated carbocycles. The summed E-state index contributed by atoms with van der Waals surface area (Å²) in [5.41, 5.74) is 27.0. The van der Waals surface area contributed by atoms with Gasteiger partial charge in [0.1, 0.15) is 0 Å². The lowest BCUT2D eigenvalue weighted by atomic mass is 9.67. The van der Waals surface area contributed by atoms with Crippen molar-refractivity contribution in [2.75, 3.05) is 14.7 Å². The van der Waals surface area contributed by atoms with Gasteiger partial charge in [-0.2, -0.15) is 0 Å². The van der Waals surface area contributed by atoms with E-state index in [-0.39, 0.29) is 21.9 Å². The Morgan fingerprint density at radius 1 is 0.261 bits per heavy atom. The second-order valence-corrected chi connectivity index (χ2v) is 27.2. The minimum Gasteiger partial charge on any atom is -0.335 e. The molecule has 0 heterocycles. The first-order valence-corrected chi connectivity index (χ1v) is 31.5. The highest BCUT2D eigenvalue weighted by atomic mass is 15.2. The van der Waals surface area contributed by atoms with Crippen molar-refractivity contribution >= 4 is 34.1 Å². The fraction of sp³-hybridized carbons (Fsp3) is 0.224. The quantitative estimate of drug-likeness (QED) is 0.0955. The highest BCUT2D eigenvalue weighted by molar-refractivity contribution is 5.85. The van der Waals surface area contributed by atoms with Gasteiger partial charge in [-0.1, -0.05) is 216 Å². The maximum Gasteiger partial charge on any atom is 0.0646 e. The van der Waals surface area contributed by atoms with Crippen molar-refractivity contribution in [3.63, 3.8) is 0 Å². The summed E-state index contributed by atoms with van der Waals surface area (Å²) in [5.74, 6) is 0. The molecule has 0 bridgehead atoms. The van der Waals surface area contributed by atoms with Gasteiger partial charge in [-0.3, -0.25) is 0 Å². The van der Waals surface area contributed by atoms with Crippen molar-refractivity contribution < 1.29 is 0 Å². The smallest absolute Gasteiger partial charge is 0.0646 e. The Bertz CT molecular complexity index is 4300. The molecule has 1 aliphatic rings. The predicted octanol–water partition coefficient (Wildman–Crippen LogP) is 23.3. The summed E-state index contributed by atoms with van der Waals surface area (Å²) in [6.07, 6.45) is 0. The molecule has 0 unspecified atom stereocenters. The van der Waals surface area contributed by atoms with Crippen LogP contribution in [0.3, 0.4) is 0 Å². The van der Waals surface area contributed by atoms with Gasteiger partial charge in [0.25, 0.3) is 0 Å². The molecule has 0 aliphatic heterocycles. The summed E-state index contributed by atoms with van der Waals surface area (Å²) in [6.45, 7) is 33.0. The van der Waals surface area contributed by atoms with Gasteiger partial charge in [-0.05, 0) is 237 Å². The standard InChI is InChI=1S/C85H85N3/c1-58-52-65(42-47-73(58)74-48-43-66(53-59(74)2)84(11,12)86(67-35-23-17-24-36-67)68-37-25-18-26-38-68)82(7,8)85(13,14)88(69-39-29-32-63(56-69)62-30-19-15-20-31-62)71-45-50-76(61(4)55-71)75-49-44-70(54-60(75)3)87(83(9,10)64-33-21-16-22-34-64)72-46-51-78-77-40-27-28-41-79(77)81(5,6)80(78)57-72/h15-57H,1-14H3. The van der Waals surface area contributed by atoms with E-state index in [1.165, 1.54) is 100 Å². The van der Waals surface area contributed by atoms with Crippen LogP contribution < -0.4 is 14.7 Å². The molecule has 440 valence electrons. The van der Waals surface area contributed by atoms with E-state index in [0.29, 0.717) is 0 Å². The molecule has 0 amide bonds. The second-order valence-electron chi connectivity index (χ2n) is 27.2. The fourth-order valence-electron chi connectivity index (χ4n) is 14.4. The van der Waals surface area contributed by atoms with E-state index in [1.807, 2.05) is 0 Å². The number of hydrogen-bond acceptors (Lipinski definition) is 3. The zero-order chi connectivity index (χ0) is 61.9. The summed E-state index contributed by atoms with van der Waals surface area (Å²) >= 11 is 0. The van der Waals surface area contributed by atoms with Gasteiger partial charge in [0.05, 0.1) is 11.1 Å². The van der Waals surface area contributed by atoms with E-state index in [0.717, 1.165) is 28.4 Å². The Kier molecular flexibility index (Phi) is 15.4. The average molecular weight is 1150 g/mol. The van der Waals surface area contributed by atoms with Gasteiger partial charge in [0, 0.05) is 50.5 Å². The number of nitrogens with zero attached hydrogens (tertiary/aromatic N) is 3. The summed E-state index contributed by atoms with van der Waals surface area (Å²) in [7, 11) is 0. The maximum atomic E-state index is 2.61. The first kappa shape index (κ1) is 59.2. The number of anilines is 6. The Morgan fingerprint density at radius 2 is 0.636 bits per heavy atom. The van der Waals surface area contributed by atoms with Gasteiger partial charge < -0.3 is 14.7 Å². The molecule has 88 heavy (non-hydrogen) atoms. The first-order chi connectivity index (χ1) is 42.1. The van der Waals surface area contributed by atoms with Crippen LogP contribution in [-0.2, 0) is 21.9 Å². The lowest BCUT2D eigenvalue weighted by molar-refractivity contribution is 0.302. The van der Waals surface area contributed by atoms with Crippen molar-refractivity contribution in [2.24, 2.45) is 0 Å². The van der Waals surface area contributed by atoms with Crippen molar-refractivity contribution in [1.29, 1.82) is 0 Å². The van der Waals surface area contributed by atoms with Crippen LogP contribution >= 0.6 is 0 Å². The average Bonchev–Trinajstić information content (AvgIpc) is 1.42. The summed E-state index contributed by atoms with van der Waals surface area (Å²) < 4.78 is 0. The van der Waals surface area contributed by atoms with Crippen molar-refractivity contribution in [2.45, 2.75) is 124 Å². The first-order valence-electron chi connectivity index (χ1n) is 31.5. The minimum absolute atomic E-state index is 0.118. The second kappa shape index (κ2) is 22.8. The molecule has 0 atom stereocenters. The van der Waals surface area contributed by atoms with Crippen LogP contribution in [0.15, 0.2) is 261 Å². The van der Waals surface area contributed by atoms with Crippen LogP contribution in [0.4, 0.5) is 34.1 Å². The maximum absolute atomic E-state index is 2.61. The molecule has 0 aromatic heterocycles. The van der Waals surface area contributed by atoms with Gasteiger partial charge >= 0.3 is 0 Å². The lowest BCUT2D eigenvalue weighted by Gasteiger charge is -2.51. The third-order valence-electron chi connectivity index (χ3n) is 20.2. The summed E-state index contributed by atoms with van der Waals surface area (Å²) in [6, 6.07) is 97.0. The number of rotatable bonds is 16. The predicted molar refractivity (Wildman–Crippen MR) is 377 cm³/mol. The molecule has 0 N–H and O–H groups in total. The molecule has 11 aromatic carbocycles. The van der Waals surface area contributed by atoms with E-state index in [4.69, 9.17) is 0 Å². The molecular formula is C85H85N3. The Labute approximate surface area is 525 Å². The minimum atomic E-state index is -0.446. The van der Waals surface area contributed by atoms with Crippen LogP contribution in [0.5, 0.6) is 0 Å². The zero-order valence-electron chi connectivity index (χ0n) is 54.2. The normalized spacial score (nSPS) is 13.0. The van der Waals surface area contributed by atoms with Gasteiger partial charge in [0.2, 0.25) is 0 Å². The lowest BCUT2D eigenvalue weighted by Crippen LogP contribution is -2.54. The summed E-state index contributed by atoms with van der Waals surface area (Å²) in [5, 5.41) is 0. The highest BCUT2D eigenvalue weighted by Crippen LogP contribution is 2.53. The SMILES string of the molecule is Cc1cc(N(c2ccc3c(c2)C(C)(C)c2ccccc2-3)C(C)(C)c2ccccc2)ccc1-c1ccc(N(c2cccc(-c3ccccc3)c2)C(C)(C)C(C)(C)c2ccc(-c3ccc(C(C)(C)N(c4ccccc4)c4ccccc4)cc3C)c(C)c2)cc1C. The van der Waals surface area contributed by atoms with E-state index in [1.54, 1.807) is 0 Å². The molecule has 0 saturated heterocycles. The molecule has 1 aliphatic carbocycles. The van der Waals surface area contributed by atoms with Crippen LogP contribution in [-0.4, -0.2) is 5.54 Å². The molecule has 3 nitrogen and oxygen atoms in total. The third kappa shape index (κ3) is 10.4. The molecule has 0 fully saturated rings. The van der Waals surface area contributed by atoms with Crippen LogP contribution in [0.1, 0.15) is 119 Å². The number of hydrogen-bond donors (Lipinski definition) is 0.